The Kier molecular flexibility index (Phi) is 4.20. The van der Waals surface area contributed by atoms with E-state index in [1.807, 2.05) is 26.0 Å². The van der Waals surface area contributed by atoms with E-state index in [1.54, 1.807) is 0 Å². The maximum absolute atomic E-state index is 13.1. The summed E-state index contributed by atoms with van der Waals surface area (Å²) in [7, 11) is 0. The largest absolute Gasteiger partial charge is 0.381 e. The second-order valence-electron chi connectivity index (χ2n) is 4.55. The number of rotatable bonds is 3. The summed E-state index contributed by atoms with van der Waals surface area (Å²) in [6.07, 6.45) is 0. The zero-order valence-corrected chi connectivity index (χ0v) is 12.3. The third-order valence-corrected chi connectivity index (χ3v) is 3.35. The van der Waals surface area contributed by atoms with Crippen LogP contribution in [0.2, 0.25) is 0 Å². The molecule has 2 rings (SSSR count). The third kappa shape index (κ3) is 3.53. The lowest BCUT2D eigenvalue weighted by Gasteiger charge is -2.13. The van der Waals surface area contributed by atoms with Gasteiger partial charge in [-0.1, -0.05) is 15.9 Å². The first-order valence-corrected chi connectivity index (χ1v) is 6.70. The number of benzene rings is 2. The lowest BCUT2D eigenvalue weighted by atomic mass is 10.1. The van der Waals surface area contributed by atoms with Crippen LogP contribution in [0.3, 0.4) is 0 Å². The number of anilines is 1. The van der Waals surface area contributed by atoms with Gasteiger partial charge >= 0.3 is 0 Å². The zero-order chi connectivity index (χ0) is 14.0. The highest BCUT2D eigenvalue weighted by atomic mass is 79.9. The molecule has 100 valence electrons. The molecule has 0 amide bonds. The Bertz CT molecular complexity index is 568. The molecular formula is C15H14BrF2N. The Morgan fingerprint density at radius 3 is 2.00 bits per heavy atom. The molecule has 0 heterocycles. The SMILES string of the molecule is Cc1cc(Br)cc(C)c1NCc1cc(F)cc(F)c1. The van der Waals surface area contributed by atoms with Crippen LogP contribution in [-0.2, 0) is 6.54 Å². The molecule has 0 aliphatic heterocycles. The summed E-state index contributed by atoms with van der Waals surface area (Å²) in [5.74, 6) is -1.11. The summed E-state index contributed by atoms with van der Waals surface area (Å²) in [5.41, 5.74) is 3.75. The van der Waals surface area contributed by atoms with E-state index in [2.05, 4.69) is 21.2 Å². The molecule has 0 radical (unpaired) electrons. The van der Waals surface area contributed by atoms with Crippen molar-refractivity contribution >= 4 is 21.6 Å². The minimum Gasteiger partial charge on any atom is -0.381 e. The zero-order valence-electron chi connectivity index (χ0n) is 10.7. The van der Waals surface area contributed by atoms with Crippen molar-refractivity contribution in [3.05, 3.63) is 63.1 Å². The molecule has 1 N–H and O–H groups in total. The fourth-order valence-corrected chi connectivity index (χ4v) is 2.78. The molecule has 4 heteroatoms. The molecule has 0 fully saturated rings. The van der Waals surface area contributed by atoms with Crippen molar-refractivity contribution < 1.29 is 8.78 Å². The first-order chi connectivity index (χ1) is 8.95. The van der Waals surface area contributed by atoms with Crippen molar-refractivity contribution in [2.24, 2.45) is 0 Å². The molecule has 0 saturated heterocycles. The van der Waals surface area contributed by atoms with Crippen molar-refractivity contribution in [1.82, 2.24) is 0 Å². The van der Waals surface area contributed by atoms with E-state index in [-0.39, 0.29) is 0 Å². The molecule has 0 aliphatic rings. The fourth-order valence-electron chi connectivity index (χ4n) is 2.09. The minimum atomic E-state index is -0.555. The standard InChI is InChI=1S/C15H14BrF2N/c1-9-3-12(16)4-10(2)15(9)19-8-11-5-13(17)7-14(18)6-11/h3-7,19H,8H2,1-2H3. The van der Waals surface area contributed by atoms with Crippen LogP contribution in [0.1, 0.15) is 16.7 Å². The molecule has 1 nitrogen and oxygen atoms in total. The van der Waals surface area contributed by atoms with E-state index in [1.165, 1.54) is 12.1 Å². The van der Waals surface area contributed by atoms with Crippen molar-refractivity contribution in [2.75, 3.05) is 5.32 Å². The second-order valence-corrected chi connectivity index (χ2v) is 5.46. The summed E-state index contributed by atoms with van der Waals surface area (Å²) in [6.45, 7) is 4.37. The van der Waals surface area contributed by atoms with Crippen LogP contribution in [0.25, 0.3) is 0 Å². The van der Waals surface area contributed by atoms with Gasteiger partial charge in [0.2, 0.25) is 0 Å². The van der Waals surface area contributed by atoms with E-state index >= 15 is 0 Å². The molecular weight excluding hydrogens is 312 g/mol. The van der Waals surface area contributed by atoms with Crippen molar-refractivity contribution in [1.29, 1.82) is 0 Å². The molecule has 0 saturated carbocycles. The Hall–Kier alpha value is -1.42. The van der Waals surface area contributed by atoms with Gasteiger partial charge < -0.3 is 5.32 Å². The van der Waals surface area contributed by atoms with Crippen molar-refractivity contribution in [3.63, 3.8) is 0 Å². The molecule has 0 spiro atoms. The number of hydrogen-bond donors (Lipinski definition) is 1. The van der Waals surface area contributed by atoms with Gasteiger partial charge in [0, 0.05) is 22.8 Å². The summed E-state index contributed by atoms with van der Waals surface area (Å²) >= 11 is 3.44. The summed E-state index contributed by atoms with van der Waals surface area (Å²) in [5, 5.41) is 3.22. The Morgan fingerprint density at radius 2 is 1.47 bits per heavy atom. The van der Waals surface area contributed by atoms with E-state index in [0.717, 1.165) is 27.4 Å². The van der Waals surface area contributed by atoms with E-state index in [9.17, 15) is 8.78 Å². The number of aryl methyl sites for hydroxylation is 2. The van der Waals surface area contributed by atoms with Crippen LogP contribution in [-0.4, -0.2) is 0 Å². The Morgan fingerprint density at radius 1 is 0.947 bits per heavy atom. The Labute approximate surface area is 119 Å². The highest BCUT2D eigenvalue weighted by Gasteiger charge is 2.05. The van der Waals surface area contributed by atoms with E-state index in [0.29, 0.717) is 12.1 Å². The lowest BCUT2D eigenvalue weighted by molar-refractivity contribution is 0.580. The molecule has 2 aromatic carbocycles. The summed E-state index contributed by atoms with van der Waals surface area (Å²) in [6, 6.07) is 7.54. The Balaban J connectivity index is 2.19. The van der Waals surface area contributed by atoms with Gasteiger partial charge in [0.05, 0.1) is 0 Å². The monoisotopic (exact) mass is 325 g/mol. The average molecular weight is 326 g/mol. The quantitative estimate of drug-likeness (QED) is 0.841. The van der Waals surface area contributed by atoms with Gasteiger partial charge in [0.15, 0.2) is 0 Å². The highest BCUT2D eigenvalue weighted by molar-refractivity contribution is 9.10. The maximum atomic E-state index is 13.1. The molecule has 2 aromatic rings. The minimum absolute atomic E-state index is 0.387. The first kappa shape index (κ1) is 14.0. The molecule has 0 aliphatic carbocycles. The van der Waals surface area contributed by atoms with Crippen LogP contribution >= 0.6 is 15.9 Å². The van der Waals surface area contributed by atoms with Gasteiger partial charge in [0.25, 0.3) is 0 Å². The highest BCUT2D eigenvalue weighted by Crippen LogP contribution is 2.25. The number of hydrogen-bond acceptors (Lipinski definition) is 1. The van der Waals surface area contributed by atoms with Crippen molar-refractivity contribution in [2.45, 2.75) is 20.4 Å². The first-order valence-electron chi connectivity index (χ1n) is 5.91. The molecule has 0 atom stereocenters. The molecule has 0 aromatic heterocycles. The third-order valence-electron chi connectivity index (χ3n) is 2.89. The molecule has 19 heavy (non-hydrogen) atoms. The van der Waals surface area contributed by atoms with E-state index < -0.39 is 11.6 Å². The van der Waals surface area contributed by atoms with Gasteiger partial charge in [-0.3, -0.25) is 0 Å². The molecule has 0 unspecified atom stereocenters. The smallest absolute Gasteiger partial charge is 0.126 e. The van der Waals surface area contributed by atoms with Crippen LogP contribution in [0, 0.1) is 25.5 Å². The summed E-state index contributed by atoms with van der Waals surface area (Å²) in [4.78, 5) is 0. The normalized spacial score (nSPS) is 10.6. The lowest BCUT2D eigenvalue weighted by Crippen LogP contribution is -2.04. The van der Waals surface area contributed by atoms with Crippen LogP contribution < -0.4 is 5.32 Å². The van der Waals surface area contributed by atoms with E-state index in [4.69, 9.17) is 0 Å². The van der Waals surface area contributed by atoms with Gasteiger partial charge in [-0.2, -0.15) is 0 Å². The van der Waals surface area contributed by atoms with Gasteiger partial charge in [-0.15, -0.1) is 0 Å². The van der Waals surface area contributed by atoms with Gasteiger partial charge in [-0.25, -0.2) is 8.78 Å². The topological polar surface area (TPSA) is 12.0 Å². The average Bonchev–Trinajstić information content (AvgIpc) is 2.25. The fraction of sp³-hybridized carbons (Fsp3) is 0.200. The van der Waals surface area contributed by atoms with Crippen LogP contribution in [0.5, 0.6) is 0 Å². The number of nitrogens with one attached hydrogen (secondary N) is 1. The van der Waals surface area contributed by atoms with Crippen molar-refractivity contribution in [3.8, 4) is 0 Å². The predicted octanol–water partition coefficient (Wildman–Crippen LogP) is 4.96. The second kappa shape index (κ2) is 5.70. The van der Waals surface area contributed by atoms with Gasteiger partial charge in [0.1, 0.15) is 11.6 Å². The van der Waals surface area contributed by atoms with Crippen LogP contribution in [0.4, 0.5) is 14.5 Å². The maximum Gasteiger partial charge on any atom is 0.126 e. The van der Waals surface area contributed by atoms with Gasteiger partial charge in [-0.05, 0) is 54.8 Å². The van der Waals surface area contributed by atoms with Crippen LogP contribution in [0.15, 0.2) is 34.8 Å². The summed E-state index contributed by atoms with van der Waals surface area (Å²) < 4.78 is 27.2. The number of halogens is 3. The predicted molar refractivity (Wildman–Crippen MR) is 77.3 cm³/mol. The molecule has 0 bridgehead atoms.